The highest BCUT2D eigenvalue weighted by Crippen LogP contribution is 2.15. The molecule has 1 fully saturated rings. The van der Waals surface area contributed by atoms with E-state index in [-0.39, 0.29) is 23.0 Å². The van der Waals surface area contributed by atoms with Gasteiger partial charge in [-0.05, 0) is 36.2 Å². The minimum atomic E-state index is -0.599. The highest BCUT2D eigenvalue weighted by molar-refractivity contribution is 5.96. The third-order valence-electron chi connectivity index (χ3n) is 5.04. The Morgan fingerprint density at radius 2 is 1.97 bits per heavy atom. The summed E-state index contributed by atoms with van der Waals surface area (Å²) in [6.07, 6.45) is 1.42. The van der Waals surface area contributed by atoms with Crippen molar-refractivity contribution < 1.29 is 18.4 Å². The van der Waals surface area contributed by atoms with E-state index in [1.165, 1.54) is 30.3 Å². The number of hydrogen-bond acceptors (Lipinski definition) is 7. The Kier molecular flexibility index (Phi) is 5.61. The molecule has 10 heteroatoms. The van der Waals surface area contributed by atoms with Gasteiger partial charge in [-0.2, -0.15) is 4.98 Å². The maximum Gasteiger partial charge on any atom is 0.337 e. The Balaban J connectivity index is 1.45. The fourth-order valence-electron chi connectivity index (χ4n) is 3.39. The van der Waals surface area contributed by atoms with Gasteiger partial charge in [0.15, 0.2) is 0 Å². The molecule has 31 heavy (non-hydrogen) atoms. The van der Waals surface area contributed by atoms with Gasteiger partial charge in [-0.3, -0.25) is 14.6 Å². The number of halogens is 1. The van der Waals surface area contributed by atoms with E-state index < -0.39 is 17.0 Å². The fourth-order valence-corrected chi connectivity index (χ4v) is 3.39. The summed E-state index contributed by atoms with van der Waals surface area (Å²) >= 11 is 0. The third kappa shape index (κ3) is 4.37. The molecular formula is C21H19FN4O5. The van der Waals surface area contributed by atoms with Gasteiger partial charge in [0.1, 0.15) is 11.2 Å². The molecule has 1 aromatic carbocycles. The summed E-state index contributed by atoms with van der Waals surface area (Å²) in [6, 6.07) is 6.48. The van der Waals surface area contributed by atoms with Crippen LogP contribution in [0.2, 0.25) is 0 Å². The van der Waals surface area contributed by atoms with Crippen LogP contribution in [0.1, 0.15) is 35.7 Å². The van der Waals surface area contributed by atoms with Crippen molar-refractivity contribution in [2.45, 2.75) is 26.2 Å². The van der Waals surface area contributed by atoms with Gasteiger partial charge in [0.25, 0.3) is 11.5 Å². The highest BCUT2D eigenvalue weighted by atomic mass is 19.1. The molecule has 3 aromatic rings. The summed E-state index contributed by atoms with van der Waals surface area (Å²) < 4.78 is 18.1. The van der Waals surface area contributed by atoms with Crippen molar-refractivity contribution in [3.05, 3.63) is 68.0 Å². The van der Waals surface area contributed by atoms with Crippen LogP contribution < -0.4 is 16.0 Å². The zero-order valence-electron chi connectivity index (χ0n) is 16.7. The first-order valence-electron chi connectivity index (χ1n) is 9.79. The van der Waals surface area contributed by atoms with Gasteiger partial charge in [0, 0.05) is 37.6 Å². The molecule has 9 nitrogen and oxygen atoms in total. The fraction of sp³-hybridized carbons (Fsp3) is 0.286. The second-order valence-corrected chi connectivity index (χ2v) is 7.04. The summed E-state index contributed by atoms with van der Waals surface area (Å²) in [4.78, 5) is 49.9. The largest absolute Gasteiger partial charge is 0.403 e. The quantitative estimate of drug-likeness (QED) is 0.640. The number of fused-ring (bicyclic) bond motifs is 1. The maximum absolute atomic E-state index is 13.0. The Morgan fingerprint density at radius 1 is 1.26 bits per heavy atom. The van der Waals surface area contributed by atoms with E-state index in [0.717, 1.165) is 0 Å². The number of carbonyl (C=O) groups is 1. The second kappa shape index (κ2) is 8.50. The lowest BCUT2D eigenvalue weighted by molar-refractivity contribution is 0.0754. The molecule has 0 saturated carbocycles. The molecule has 4 rings (SSSR count). The Labute approximate surface area is 175 Å². The van der Waals surface area contributed by atoms with Crippen LogP contribution in [0.15, 0.2) is 49.5 Å². The van der Waals surface area contributed by atoms with Crippen molar-refractivity contribution >= 4 is 22.7 Å². The summed E-state index contributed by atoms with van der Waals surface area (Å²) in [5.41, 5.74) is 0.455. The average Bonchev–Trinajstić information content (AvgIpc) is 2.77. The van der Waals surface area contributed by atoms with Crippen LogP contribution in [0.4, 0.5) is 4.39 Å². The zero-order chi connectivity index (χ0) is 22.0. The number of hydrogen-bond donors (Lipinski definition) is 1. The monoisotopic (exact) mass is 426 g/mol. The standard InChI is InChI=1S/C21H19FN4O5/c1-2-12-11-16(27)30-19-17(12)18(28)23-21(24-19)31-25-15-7-9-26(10-8-15)20(29)13-3-5-14(22)6-4-13/h3-6,11H,2,7-10H2,1H3,(H,23,24,28). The topological polar surface area (TPSA) is 118 Å². The van der Waals surface area contributed by atoms with Crippen LogP contribution in [0.3, 0.4) is 0 Å². The van der Waals surface area contributed by atoms with Crippen molar-refractivity contribution in [1.29, 1.82) is 0 Å². The molecule has 1 aliphatic heterocycles. The maximum atomic E-state index is 13.0. The van der Waals surface area contributed by atoms with Gasteiger partial charge in [-0.15, -0.1) is 0 Å². The number of likely N-dealkylation sites (tertiary alicyclic amines) is 1. The number of nitrogens with one attached hydrogen (secondary N) is 1. The van der Waals surface area contributed by atoms with E-state index >= 15 is 0 Å². The normalized spacial score (nSPS) is 14.0. The van der Waals surface area contributed by atoms with Gasteiger partial charge < -0.3 is 14.2 Å². The minimum absolute atomic E-state index is 0.108. The number of piperidine rings is 1. The minimum Gasteiger partial charge on any atom is -0.403 e. The SMILES string of the molecule is CCc1cc(=O)oc2nc(ON=C3CCN(C(=O)c4ccc(F)cc4)CC3)[nH]c(=O)c12. The molecular weight excluding hydrogens is 407 g/mol. The van der Waals surface area contributed by atoms with Gasteiger partial charge in [0.05, 0.1) is 5.71 Å². The number of carbonyl (C=O) groups excluding carboxylic acids is 1. The predicted molar refractivity (Wildman–Crippen MR) is 110 cm³/mol. The molecule has 1 amide bonds. The first-order valence-corrected chi connectivity index (χ1v) is 9.79. The number of benzene rings is 1. The predicted octanol–water partition coefficient (Wildman–Crippen LogP) is 2.25. The van der Waals surface area contributed by atoms with E-state index in [1.807, 2.05) is 6.92 Å². The van der Waals surface area contributed by atoms with Crippen LogP contribution in [-0.2, 0) is 6.42 Å². The van der Waals surface area contributed by atoms with Gasteiger partial charge in [0.2, 0.25) is 5.71 Å². The summed E-state index contributed by atoms with van der Waals surface area (Å²) in [5.74, 6) is -0.574. The van der Waals surface area contributed by atoms with E-state index in [1.54, 1.807) is 4.90 Å². The lowest BCUT2D eigenvalue weighted by Gasteiger charge is -2.27. The van der Waals surface area contributed by atoms with Crippen molar-refractivity contribution in [2.24, 2.45) is 5.16 Å². The van der Waals surface area contributed by atoms with E-state index in [4.69, 9.17) is 9.25 Å². The van der Waals surface area contributed by atoms with Crippen LogP contribution in [0.5, 0.6) is 6.01 Å². The summed E-state index contributed by atoms with van der Waals surface area (Å²) in [5, 5.41) is 4.22. The van der Waals surface area contributed by atoms with Crippen LogP contribution in [0, 0.1) is 5.82 Å². The number of amides is 1. The molecule has 1 saturated heterocycles. The highest BCUT2D eigenvalue weighted by Gasteiger charge is 2.22. The molecule has 1 N–H and O–H groups in total. The van der Waals surface area contributed by atoms with Crippen LogP contribution >= 0.6 is 0 Å². The average molecular weight is 426 g/mol. The van der Waals surface area contributed by atoms with E-state index in [0.29, 0.717) is 49.2 Å². The molecule has 0 spiro atoms. The third-order valence-corrected chi connectivity index (χ3v) is 5.04. The Hall–Kier alpha value is -3.82. The number of rotatable bonds is 4. The van der Waals surface area contributed by atoms with E-state index in [9.17, 15) is 18.8 Å². The first-order chi connectivity index (χ1) is 14.9. The molecule has 0 atom stereocenters. The Morgan fingerprint density at radius 3 is 2.65 bits per heavy atom. The van der Waals surface area contributed by atoms with Crippen LogP contribution in [-0.4, -0.2) is 39.6 Å². The number of aromatic nitrogens is 2. The molecule has 2 aromatic heterocycles. The van der Waals surface area contributed by atoms with Crippen molar-refractivity contribution in [1.82, 2.24) is 14.9 Å². The van der Waals surface area contributed by atoms with Crippen molar-refractivity contribution in [3.8, 4) is 6.01 Å². The van der Waals surface area contributed by atoms with Gasteiger partial charge >= 0.3 is 11.6 Å². The first kappa shape index (κ1) is 20.5. The number of oxime groups is 1. The molecule has 0 bridgehead atoms. The van der Waals surface area contributed by atoms with Crippen molar-refractivity contribution in [2.75, 3.05) is 13.1 Å². The molecule has 3 heterocycles. The second-order valence-electron chi connectivity index (χ2n) is 7.04. The van der Waals surface area contributed by atoms with Crippen molar-refractivity contribution in [3.63, 3.8) is 0 Å². The number of aryl methyl sites for hydroxylation is 1. The zero-order valence-corrected chi connectivity index (χ0v) is 16.7. The number of nitrogens with zero attached hydrogens (tertiary/aromatic N) is 3. The molecule has 0 unspecified atom stereocenters. The number of H-pyrrole nitrogens is 1. The summed E-state index contributed by atoms with van der Waals surface area (Å²) in [6.45, 7) is 2.67. The molecule has 1 aliphatic rings. The van der Waals surface area contributed by atoms with E-state index in [2.05, 4.69) is 15.1 Å². The number of aromatic amines is 1. The lowest BCUT2D eigenvalue weighted by atomic mass is 10.1. The molecule has 0 aliphatic carbocycles. The smallest absolute Gasteiger partial charge is 0.337 e. The van der Waals surface area contributed by atoms with Crippen LogP contribution in [0.25, 0.3) is 11.1 Å². The van der Waals surface area contributed by atoms with Gasteiger partial charge in [-0.25, -0.2) is 9.18 Å². The molecule has 0 radical (unpaired) electrons. The Bertz CT molecular complexity index is 1270. The summed E-state index contributed by atoms with van der Waals surface area (Å²) in [7, 11) is 0. The lowest BCUT2D eigenvalue weighted by Crippen LogP contribution is -2.38. The van der Waals surface area contributed by atoms with Gasteiger partial charge in [-0.1, -0.05) is 12.1 Å². The molecule has 160 valence electrons.